The summed E-state index contributed by atoms with van der Waals surface area (Å²) in [5.41, 5.74) is 6.65. The molecule has 0 aromatic heterocycles. The fourth-order valence-corrected chi connectivity index (χ4v) is 1.92. The summed E-state index contributed by atoms with van der Waals surface area (Å²) < 4.78 is 5.18. The Kier molecular flexibility index (Phi) is 6.38. The van der Waals surface area contributed by atoms with Crippen molar-refractivity contribution in [3.8, 4) is 0 Å². The highest BCUT2D eigenvalue weighted by Gasteiger charge is 2.22. The van der Waals surface area contributed by atoms with E-state index in [1.165, 1.54) is 0 Å². The van der Waals surface area contributed by atoms with Gasteiger partial charge in [0.2, 0.25) is 0 Å². The zero-order valence-electron chi connectivity index (χ0n) is 13.9. The van der Waals surface area contributed by atoms with Crippen LogP contribution in [0.5, 0.6) is 0 Å². The van der Waals surface area contributed by atoms with Crippen LogP contribution in [0.3, 0.4) is 0 Å². The van der Waals surface area contributed by atoms with Gasteiger partial charge in [-0.3, -0.25) is 0 Å². The first-order valence-corrected chi connectivity index (χ1v) is 7.36. The lowest BCUT2D eigenvalue weighted by Gasteiger charge is -2.23. The monoisotopic (exact) mass is 323 g/mol. The molecule has 0 radical (unpaired) electrons. The SMILES string of the molecule is CC(O)c1ccc(C[C@H](NC(=O)OC(C)(C)C)/C(N)=N/O)cc1. The van der Waals surface area contributed by atoms with Gasteiger partial charge in [0.15, 0.2) is 5.84 Å². The Hall–Kier alpha value is -2.28. The number of benzene rings is 1. The molecule has 2 atom stereocenters. The number of hydrogen-bond acceptors (Lipinski definition) is 5. The molecule has 0 saturated carbocycles. The normalized spacial score (nSPS) is 14.9. The second kappa shape index (κ2) is 7.82. The van der Waals surface area contributed by atoms with Crippen LogP contribution in [-0.4, -0.2) is 33.9 Å². The molecule has 0 saturated heterocycles. The number of amidine groups is 1. The third kappa shape index (κ3) is 6.56. The van der Waals surface area contributed by atoms with Crippen LogP contribution in [-0.2, 0) is 11.2 Å². The van der Waals surface area contributed by atoms with E-state index < -0.39 is 23.8 Å². The molecular weight excluding hydrogens is 298 g/mol. The van der Waals surface area contributed by atoms with Gasteiger partial charge in [0.05, 0.1) is 12.1 Å². The molecule has 0 aliphatic carbocycles. The van der Waals surface area contributed by atoms with Crippen molar-refractivity contribution in [2.45, 2.75) is 51.9 Å². The lowest BCUT2D eigenvalue weighted by molar-refractivity contribution is 0.0517. The standard InChI is InChI=1S/C16H25N3O4/c1-10(20)12-7-5-11(6-8-12)9-13(14(17)19-22)18-15(21)23-16(2,3)4/h5-8,10,13,20,22H,9H2,1-4H3,(H2,17,19)(H,18,21)/t10?,13-/m0/s1. The fourth-order valence-electron chi connectivity index (χ4n) is 1.92. The number of carbonyl (C=O) groups excluding carboxylic acids is 1. The molecule has 1 unspecified atom stereocenters. The van der Waals surface area contributed by atoms with Crippen LogP contribution in [0.1, 0.15) is 44.9 Å². The van der Waals surface area contributed by atoms with Crippen LogP contribution in [0.25, 0.3) is 0 Å². The molecule has 0 aliphatic rings. The zero-order chi connectivity index (χ0) is 17.6. The van der Waals surface area contributed by atoms with Crippen LogP contribution in [0, 0.1) is 0 Å². The van der Waals surface area contributed by atoms with Crippen molar-refractivity contribution >= 4 is 11.9 Å². The average molecular weight is 323 g/mol. The van der Waals surface area contributed by atoms with Crippen molar-refractivity contribution in [2.75, 3.05) is 0 Å². The Balaban J connectivity index is 2.81. The van der Waals surface area contributed by atoms with E-state index in [2.05, 4.69) is 10.5 Å². The van der Waals surface area contributed by atoms with Crippen LogP contribution in [0.2, 0.25) is 0 Å². The maximum atomic E-state index is 11.9. The summed E-state index contributed by atoms with van der Waals surface area (Å²) in [6.07, 6.45) is -0.867. The van der Waals surface area contributed by atoms with Gasteiger partial charge in [-0.1, -0.05) is 29.4 Å². The van der Waals surface area contributed by atoms with Crippen molar-refractivity contribution in [3.05, 3.63) is 35.4 Å². The number of alkyl carbamates (subject to hydrolysis) is 1. The van der Waals surface area contributed by atoms with Crippen molar-refractivity contribution in [1.82, 2.24) is 5.32 Å². The molecule has 7 heteroatoms. The summed E-state index contributed by atoms with van der Waals surface area (Å²) in [5, 5.41) is 23.9. The van der Waals surface area contributed by atoms with E-state index in [0.29, 0.717) is 6.42 Å². The molecule has 0 bridgehead atoms. The molecule has 23 heavy (non-hydrogen) atoms. The molecule has 1 amide bonds. The molecule has 0 spiro atoms. The number of nitrogens with one attached hydrogen (secondary N) is 1. The maximum absolute atomic E-state index is 11.9. The quantitative estimate of drug-likeness (QED) is 0.286. The fraction of sp³-hybridized carbons (Fsp3) is 0.500. The number of hydrogen-bond donors (Lipinski definition) is 4. The topological polar surface area (TPSA) is 117 Å². The highest BCUT2D eigenvalue weighted by molar-refractivity contribution is 5.88. The zero-order valence-corrected chi connectivity index (χ0v) is 13.9. The third-order valence-corrected chi connectivity index (χ3v) is 3.07. The minimum Gasteiger partial charge on any atom is -0.444 e. The van der Waals surface area contributed by atoms with E-state index >= 15 is 0 Å². The van der Waals surface area contributed by atoms with Gasteiger partial charge in [0.1, 0.15) is 5.60 Å². The first kappa shape index (κ1) is 18.8. The van der Waals surface area contributed by atoms with E-state index in [1.807, 2.05) is 12.1 Å². The number of nitrogens with zero attached hydrogens (tertiary/aromatic N) is 1. The molecule has 1 aromatic carbocycles. The van der Waals surface area contributed by atoms with Crippen LogP contribution >= 0.6 is 0 Å². The van der Waals surface area contributed by atoms with Gasteiger partial charge >= 0.3 is 6.09 Å². The summed E-state index contributed by atoms with van der Waals surface area (Å²) in [6, 6.07) is 6.51. The Morgan fingerprint density at radius 1 is 1.35 bits per heavy atom. The van der Waals surface area contributed by atoms with Crippen LogP contribution in [0.4, 0.5) is 4.79 Å². The van der Waals surface area contributed by atoms with Crippen LogP contribution < -0.4 is 11.1 Å². The summed E-state index contributed by atoms with van der Waals surface area (Å²) in [4.78, 5) is 11.9. The second-order valence-corrected chi connectivity index (χ2v) is 6.35. The van der Waals surface area contributed by atoms with Crippen LogP contribution in [0.15, 0.2) is 29.4 Å². The lowest BCUT2D eigenvalue weighted by atomic mass is 10.0. The molecular formula is C16H25N3O4. The first-order valence-electron chi connectivity index (χ1n) is 7.36. The minimum atomic E-state index is -0.702. The number of aliphatic hydroxyl groups excluding tert-OH is 1. The highest BCUT2D eigenvalue weighted by atomic mass is 16.6. The summed E-state index contributed by atoms with van der Waals surface area (Å²) in [5.74, 6) is -0.115. The largest absolute Gasteiger partial charge is 0.444 e. The molecule has 7 nitrogen and oxygen atoms in total. The number of carbonyl (C=O) groups is 1. The van der Waals surface area contributed by atoms with Crippen molar-refractivity contribution < 1.29 is 19.8 Å². The predicted octanol–water partition coefficient (Wildman–Crippen LogP) is 1.92. The maximum Gasteiger partial charge on any atom is 0.408 e. The Labute approximate surface area is 136 Å². The Morgan fingerprint density at radius 2 is 1.91 bits per heavy atom. The van der Waals surface area contributed by atoms with Gasteiger partial charge in [-0.2, -0.15) is 0 Å². The van der Waals surface area contributed by atoms with Gasteiger partial charge in [-0.25, -0.2) is 4.79 Å². The number of ether oxygens (including phenoxy) is 1. The Morgan fingerprint density at radius 3 is 2.35 bits per heavy atom. The smallest absolute Gasteiger partial charge is 0.408 e. The number of nitrogens with two attached hydrogens (primary N) is 1. The molecule has 0 heterocycles. The molecule has 0 fully saturated rings. The van der Waals surface area contributed by atoms with Gasteiger partial charge in [0, 0.05) is 6.42 Å². The van der Waals surface area contributed by atoms with E-state index in [9.17, 15) is 9.90 Å². The highest BCUT2D eigenvalue weighted by Crippen LogP contribution is 2.14. The molecule has 1 aromatic rings. The van der Waals surface area contributed by atoms with E-state index in [0.717, 1.165) is 11.1 Å². The summed E-state index contributed by atoms with van der Waals surface area (Å²) in [7, 11) is 0. The number of amides is 1. The number of rotatable bonds is 5. The number of oxime groups is 1. The van der Waals surface area contributed by atoms with Crippen molar-refractivity contribution in [3.63, 3.8) is 0 Å². The summed E-state index contributed by atoms with van der Waals surface area (Å²) >= 11 is 0. The first-order chi connectivity index (χ1) is 10.6. The van der Waals surface area contributed by atoms with Gasteiger partial charge < -0.3 is 26.1 Å². The van der Waals surface area contributed by atoms with E-state index in [-0.39, 0.29) is 5.84 Å². The van der Waals surface area contributed by atoms with Gasteiger partial charge in [0.25, 0.3) is 0 Å². The molecule has 128 valence electrons. The average Bonchev–Trinajstić information content (AvgIpc) is 2.44. The van der Waals surface area contributed by atoms with E-state index in [1.54, 1.807) is 39.8 Å². The molecule has 1 rings (SSSR count). The van der Waals surface area contributed by atoms with Crippen molar-refractivity contribution in [1.29, 1.82) is 0 Å². The molecule has 5 N–H and O–H groups in total. The third-order valence-electron chi connectivity index (χ3n) is 3.07. The van der Waals surface area contributed by atoms with Gasteiger partial charge in [-0.05, 0) is 38.8 Å². The summed E-state index contributed by atoms with van der Waals surface area (Å²) in [6.45, 7) is 6.93. The lowest BCUT2D eigenvalue weighted by Crippen LogP contribution is -2.47. The minimum absolute atomic E-state index is 0.115. The Bertz CT molecular complexity index is 547. The van der Waals surface area contributed by atoms with Crippen molar-refractivity contribution in [2.24, 2.45) is 10.9 Å². The van der Waals surface area contributed by atoms with E-state index in [4.69, 9.17) is 15.7 Å². The van der Waals surface area contributed by atoms with Gasteiger partial charge in [-0.15, -0.1) is 0 Å². The number of aliphatic hydroxyl groups is 1. The molecule has 0 aliphatic heterocycles. The predicted molar refractivity (Wildman–Crippen MR) is 87.3 cm³/mol. The second-order valence-electron chi connectivity index (χ2n) is 6.35.